The van der Waals surface area contributed by atoms with Crippen molar-refractivity contribution in [2.24, 2.45) is 5.92 Å². The van der Waals surface area contributed by atoms with Gasteiger partial charge in [-0.1, -0.05) is 18.2 Å². The van der Waals surface area contributed by atoms with Crippen LogP contribution in [0.5, 0.6) is 0 Å². The van der Waals surface area contributed by atoms with Crippen LogP contribution >= 0.6 is 0 Å². The number of carbonyl (C=O) groups excluding carboxylic acids is 1. The van der Waals surface area contributed by atoms with E-state index in [1.54, 1.807) is 0 Å². The standard InChI is InChI=1S/C23H29N3O2/c1-28-23(27)17-26-16-19(21-8-2-3-9-22(21)26)10-13-25-12-5-6-18(15-25)14-20-7-4-11-24-20/h2-4,7-9,11,16,18,24H,5-6,10,12-15,17H2,1H3. The number of aromatic amines is 1. The van der Waals surface area contributed by atoms with Gasteiger partial charge in [-0.05, 0) is 61.9 Å². The molecule has 1 aliphatic rings. The number of nitrogens with one attached hydrogen (secondary N) is 1. The van der Waals surface area contributed by atoms with E-state index in [1.165, 1.54) is 49.7 Å². The molecule has 1 saturated heterocycles. The monoisotopic (exact) mass is 379 g/mol. The highest BCUT2D eigenvalue weighted by Crippen LogP contribution is 2.24. The number of carbonyl (C=O) groups is 1. The fourth-order valence-electron chi connectivity index (χ4n) is 4.46. The highest BCUT2D eigenvalue weighted by atomic mass is 16.5. The summed E-state index contributed by atoms with van der Waals surface area (Å²) in [5.74, 6) is 0.517. The van der Waals surface area contributed by atoms with Crippen molar-refractivity contribution in [1.82, 2.24) is 14.5 Å². The molecule has 4 rings (SSSR count). The van der Waals surface area contributed by atoms with E-state index < -0.39 is 0 Å². The van der Waals surface area contributed by atoms with Gasteiger partial charge in [0.05, 0.1) is 7.11 Å². The Kier molecular flexibility index (Phi) is 5.81. The average Bonchev–Trinajstić information content (AvgIpc) is 3.35. The number of H-pyrrole nitrogens is 1. The Morgan fingerprint density at radius 1 is 1.25 bits per heavy atom. The summed E-state index contributed by atoms with van der Waals surface area (Å²) in [4.78, 5) is 17.7. The van der Waals surface area contributed by atoms with Crippen molar-refractivity contribution in [3.8, 4) is 0 Å². The predicted molar refractivity (Wildman–Crippen MR) is 111 cm³/mol. The van der Waals surface area contributed by atoms with Gasteiger partial charge in [-0.15, -0.1) is 0 Å². The molecule has 0 saturated carbocycles. The molecule has 5 nitrogen and oxygen atoms in total. The van der Waals surface area contributed by atoms with E-state index in [4.69, 9.17) is 4.74 Å². The van der Waals surface area contributed by atoms with Crippen LogP contribution in [0, 0.1) is 5.92 Å². The smallest absolute Gasteiger partial charge is 0.325 e. The maximum Gasteiger partial charge on any atom is 0.325 e. The van der Waals surface area contributed by atoms with Crippen LogP contribution in [0.15, 0.2) is 48.8 Å². The number of methoxy groups -OCH3 is 1. The lowest BCUT2D eigenvalue weighted by molar-refractivity contribution is -0.141. The SMILES string of the molecule is COC(=O)Cn1cc(CCN2CCCC(Cc3ccc[nH]3)C2)c2ccccc21. The van der Waals surface area contributed by atoms with Crippen LogP contribution in [0.25, 0.3) is 10.9 Å². The summed E-state index contributed by atoms with van der Waals surface area (Å²) in [6, 6.07) is 12.6. The molecule has 0 bridgehead atoms. The number of nitrogens with zero attached hydrogens (tertiary/aromatic N) is 2. The molecule has 1 atom stereocenters. The van der Waals surface area contributed by atoms with Crippen molar-refractivity contribution in [2.75, 3.05) is 26.7 Å². The number of fused-ring (bicyclic) bond motifs is 1. The summed E-state index contributed by atoms with van der Waals surface area (Å²) in [6.07, 6.45) is 8.87. The predicted octanol–water partition coefficient (Wildman–Crippen LogP) is 3.64. The number of ether oxygens (including phenoxy) is 1. The van der Waals surface area contributed by atoms with Crippen molar-refractivity contribution in [3.63, 3.8) is 0 Å². The van der Waals surface area contributed by atoms with Crippen LogP contribution in [-0.4, -0.2) is 47.2 Å². The number of para-hydroxylation sites is 1. The van der Waals surface area contributed by atoms with Crippen LogP contribution < -0.4 is 0 Å². The molecule has 1 aliphatic heterocycles. The molecular weight excluding hydrogens is 350 g/mol. The fraction of sp³-hybridized carbons (Fsp3) is 0.435. The van der Waals surface area contributed by atoms with E-state index in [0.717, 1.165) is 30.8 Å². The summed E-state index contributed by atoms with van der Waals surface area (Å²) in [5, 5.41) is 1.24. The van der Waals surface area contributed by atoms with Gasteiger partial charge in [-0.25, -0.2) is 0 Å². The van der Waals surface area contributed by atoms with E-state index in [1.807, 2.05) is 16.8 Å². The first-order chi connectivity index (χ1) is 13.7. The molecule has 0 spiro atoms. The fourth-order valence-corrected chi connectivity index (χ4v) is 4.46. The first-order valence-corrected chi connectivity index (χ1v) is 10.2. The Morgan fingerprint density at radius 2 is 2.14 bits per heavy atom. The molecule has 0 radical (unpaired) electrons. The van der Waals surface area contributed by atoms with Crippen molar-refractivity contribution < 1.29 is 9.53 Å². The highest BCUT2D eigenvalue weighted by molar-refractivity contribution is 5.85. The molecule has 1 N–H and O–H groups in total. The molecule has 3 aromatic rings. The van der Waals surface area contributed by atoms with Gasteiger partial charge in [0.2, 0.25) is 0 Å². The quantitative estimate of drug-likeness (QED) is 0.638. The molecular formula is C23H29N3O2. The topological polar surface area (TPSA) is 50.3 Å². The number of aromatic nitrogens is 2. The zero-order valence-corrected chi connectivity index (χ0v) is 16.6. The molecule has 1 fully saturated rings. The Hall–Kier alpha value is -2.53. The largest absolute Gasteiger partial charge is 0.468 e. The number of hydrogen-bond donors (Lipinski definition) is 1. The van der Waals surface area contributed by atoms with Gasteiger partial charge in [-0.2, -0.15) is 0 Å². The maximum atomic E-state index is 11.8. The third-order valence-corrected chi connectivity index (χ3v) is 5.87. The van der Waals surface area contributed by atoms with Gasteiger partial charge in [-0.3, -0.25) is 4.79 Å². The average molecular weight is 380 g/mol. The van der Waals surface area contributed by atoms with E-state index in [9.17, 15) is 4.79 Å². The lowest BCUT2D eigenvalue weighted by Crippen LogP contribution is -2.37. The lowest BCUT2D eigenvalue weighted by atomic mass is 9.93. The molecule has 28 heavy (non-hydrogen) atoms. The molecule has 5 heteroatoms. The number of benzene rings is 1. The van der Waals surface area contributed by atoms with Crippen LogP contribution in [-0.2, 0) is 28.9 Å². The second-order valence-electron chi connectivity index (χ2n) is 7.83. The third-order valence-electron chi connectivity index (χ3n) is 5.87. The number of rotatable bonds is 7. The van der Waals surface area contributed by atoms with Gasteiger partial charge < -0.3 is 19.2 Å². The second kappa shape index (κ2) is 8.65. The van der Waals surface area contributed by atoms with E-state index in [-0.39, 0.29) is 12.5 Å². The summed E-state index contributed by atoms with van der Waals surface area (Å²) < 4.78 is 6.87. The minimum absolute atomic E-state index is 0.213. The normalized spacial score (nSPS) is 17.8. The zero-order chi connectivity index (χ0) is 19.3. The summed E-state index contributed by atoms with van der Waals surface area (Å²) in [6.45, 7) is 3.67. The Bertz CT molecular complexity index is 913. The molecule has 0 amide bonds. The maximum absolute atomic E-state index is 11.8. The van der Waals surface area contributed by atoms with Crippen molar-refractivity contribution in [1.29, 1.82) is 0 Å². The second-order valence-corrected chi connectivity index (χ2v) is 7.83. The molecule has 148 valence electrons. The van der Waals surface area contributed by atoms with Crippen LogP contribution in [0.1, 0.15) is 24.1 Å². The summed E-state index contributed by atoms with van der Waals surface area (Å²) in [5.41, 5.74) is 3.76. The first-order valence-electron chi connectivity index (χ1n) is 10.2. The third kappa shape index (κ3) is 4.30. The molecule has 3 heterocycles. The van der Waals surface area contributed by atoms with Crippen molar-refractivity contribution in [2.45, 2.75) is 32.2 Å². The van der Waals surface area contributed by atoms with Gasteiger partial charge in [0.25, 0.3) is 0 Å². The molecule has 1 unspecified atom stereocenters. The Morgan fingerprint density at radius 3 is 2.96 bits per heavy atom. The number of likely N-dealkylation sites (tertiary alicyclic amines) is 1. The molecule has 2 aromatic heterocycles. The van der Waals surface area contributed by atoms with Gasteiger partial charge in [0.15, 0.2) is 0 Å². The van der Waals surface area contributed by atoms with Crippen molar-refractivity contribution in [3.05, 3.63) is 60.0 Å². The first kappa shape index (κ1) is 18.8. The van der Waals surface area contributed by atoms with E-state index in [0.29, 0.717) is 0 Å². The van der Waals surface area contributed by atoms with E-state index >= 15 is 0 Å². The number of piperidine rings is 1. The zero-order valence-electron chi connectivity index (χ0n) is 16.6. The minimum atomic E-state index is -0.213. The van der Waals surface area contributed by atoms with Crippen molar-refractivity contribution >= 4 is 16.9 Å². The van der Waals surface area contributed by atoms with Gasteiger partial charge in [0.1, 0.15) is 6.54 Å². The van der Waals surface area contributed by atoms with Crippen LogP contribution in [0.3, 0.4) is 0 Å². The minimum Gasteiger partial charge on any atom is -0.468 e. The highest BCUT2D eigenvalue weighted by Gasteiger charge is 2.21. The molecule has 1 aromatic carbocycles. The van der Waals surface area contributed by atoms with Crippen LogP contribution in [0.4, 0.5) is 0 Å². The molecule has 0 aliphatic carbocycles. The number of hydrogen-bond acceptors (Lipinski definition) is 3. The number of esters is 1. The Labute approximate surface area is 166 Å². The lowest BCUT2D eigenvalue weighted by Gasteiger charge is -2.32. The van der Waals surface area contributed by atoms with Gasteiger partial charge >= 0.3 is 5.97 Å². The summed E-state index contributed by atoms with van der Waals surface area (Å²) in [7, 11) is 1.44. The van der Waals surface area contributed by atoms with E-state index in [2.05, 4.69) is 46.4 Å². The van der Waals surface area contributed by atoms with Gasteiger partial charge in [0, 0.05) is 42.1 Å². The summed E-state index contributed by atoms with van der Waals surface area (Å²) >= 11 is 0. The van der Waals surface area contributed by atoms with Crippen LogP contribution in [0.2, 0.25) is 0 Å². The Balaban J connectivity index is 1.41.